The van der Waals surface area contributed by atoms with Gasteiger partial charge >= 0.3 is 0 Å². The number of ether oxygens (including phenoxy) is 1. The molecule has 0 amide bonds. The highest BCUT2D eigenvalue weighted by Crippen LogP contribution is 2.26. The maximum atomic E-state index is 9.15. The van der Waals surface area contributed by atoms with Crippen molar-refractivity contribution in [2.24, 2.45) is 0 Å². The van der Waals surface area contributed by atoms with Crippen molar-refractivity contribution in [2.75, 3.05) is 38.2 Å². The molecule has 0 radical (unpaired) electrons. The molecule has 0 spiro atoms. The molecule has 1 aromatic heterocycles. The molecule has 25 heavy (non-hydrogen) atoms. The second-order valence-corrected chi connectivity index (χ2v) is 6.44. The van der Waals surface area contributed by atoms with Crippen LogP contribution in [0.1, 0.15) is 29.8 Å². The van der Waals surface area contributed by atoms with Crippen LogP contribution in [0.3, 0.4) is 0 Å². The summed E-state index contributed by atoms with van der Waals surface area (Å²) in [5, 5.41) is 9.15. The fraction of sp³-hybridized carbons (Fsp3) is 0.400. The van der Waals surface area contributed by atoms with Crippen LogP contribution in [0.4, 0.5) is 5.82 Å². The second-order valence-electron chi connectivity index (χ2n) is 6.44. The molecular weight excluding hydrogens is 312 g/mol. The van der Waals surface area contributed by atoms with Gasteiger partial charge in [-0.25, -0.2) is 4.98 Å². The first kappa shape index (κ1) is 17.2. The van der Waals surface area contributed by atoms with Crippen molar-refractivity contribution in [1.82, 2.24) is 9.88 Å². The van der Waals surface area contributed by atoms with Crippen LogP contribution in [-0.4, -0.2) is 43.2 Å². The Hall–Kier alpha value is -2.58. The first-order valence-electron chi connectivity index (χ1n) is 8.62. The van der Waals surface area contributed by atoms with E-state index in [0.29, 0.717) is 11.6 Å². The van der Waals surface area contributed by atoms with Gasteiger partial charge in [-0.1, -0.05) is 12.1 Å². The Labute approximate surface area is 149 Å². The predicted molar refractivity (Wildman–Crippen MR) is 98.9 cm³/mol. The van der Waals surface area contributed by atoms with E-state index in [1.165, 1.54) is 5.56 Å². The number of aryl methyl sites for hydroxylation is 1. The fourth-order valence-electron chi connectivity index (χ4n) is 3.33. The second kappa shape index (κ2) is 7.54. The molecule has 0 aliphatic carbocycles. The van der Waals surface area contributed by atoms with Crippen molar-refractivity contribution in [2.45, 2.75) is 19.9 Å². The molecular formula is C20H24N4O. The quantitative estimate of drug-likeness (QED) is 0.858. The molecule has 0 N–H and O–H groups in total. The number of methoxy groups -OCH3 is 1. The predicted octanol–water partition coefficient (Wildman–Crippen LogP) is 3.15. The summed E-state index contributed by atoms with van der Waals surface area (Å²) in [6, 6.07) is 14.6. The van der Waals surface area contributed by atoms with Crippen LogP contribution in [0.15, 0.2) is 36.4 Å². The van der Waals surface area contributed by atoms with E-state index in [-0.39, 0.29) is 0 Å². The molecule has 1 unspecified atom stereocenters. The number of hydrogen-bond donors (Lipinski definition) is 0. The topological polar surface area (TPSA) is 52.4 Å². The van der Waals surface area contributed by atoms with Gasteiger partial charge in [-0.3, -0.25) is 4.90 Å². The van der Waals surface area contributed by atoms with E-state index in [9.17, 15) is 0 Å². The molecule has 1 aromatic carbocycles. The SMILES string of the molecule is COc1cccc(C(C)N2CCN(c3cc(C#N)cc(C)n3)CC2)c1. The van der Waals surface area contributed by atoms with E-state index >= 15 is 0 Å². The minimum atomic E-state index is 0.345. The molecule has 1 saturated heterocycles. The molecule has 130 valence electrons. The third-order valence-corrected chi connectivity index (χ3v) is 4.83. The molecule has 2 heterocycles. The van der Waals surface area contributed by atoms with Gasteiger partial charge in [0.2, 0.25) is 0 Å². The zero-order valence-corrected chi connectivity index (χ0v) is 15.1. The lowest BCUT2D eigenvalue weighted by molar-refractivity contribution is 0.198. The average molecular weight is 336 g/mol. The highest BCUT2D eigenvalue weighted by molar-refractivity contribution is 5.47. The lowest BCUT2D eigenvalue weighted by Crippen LogP contribution is -2.47. The minimum Gasteiger partial charge on any atom is -0.497 e. The average Bonchev–Trinajstić information content (AvgIpc) is 2.67. The first-order chi connectivity index (χ1) is 12.1. The van der Waals surface area contributed by atoms with E-state index in [4.69, 9.17) is 10.00 Å². The van der Waals surface area contributed by atoms with Gasteiger partial charge in [-0.15, -0.1) is 0 Å². The summed E-state index contributed by atoms with van der Waals surface area (Å²) < 4.78 is 5.34. The Balaban J connectivity index is 1.67. The molecule has 0 saturated carbocycles. The van der Waals surface area contributed by atoms with Gasteiger partial charge < -0.3 is 9.64 Å². The van der Waals surface area contributed by atoms with Gasteiger partial charge in [0.05, 0.1) is 18.7 Å². The van der Waals surface area contributed by atoms with E-state index in [0.717, 1.165) is 43.4 Å². The van der Waals surface area contributed by atoms with Crippen molar-refractivity contribution in [1.29, 1.82) is 5.26 Å². The molecule has 5 nitrogen and oxygen atoms in total. The third-order valence-electron chi connectivity index (χ3n) is 4.83. The summed E-state index contributed by atoms with van der Waals surface area (Å²) in [4.78, 5) is 9.34. The van der Waals surface area contributed by atoms with Crippen molar-refractivity contribution < 1.29 is 4.74 Å². The number of nitriles is 1. The Morgan fingerprint density at radius 1 is 1.16 bits per heavy atom. The van der Waals surface area contributed by atoms with Crippen LogP contribution < -0.4 is 9.64 Å². The Bertz CT molecular complexity index is 776. The van der Waals surface area contributed by atoms with Crippen LogP contribution >= 0.6 is 0 Å². The lowest BCUT2D eigenvalue weighted by atomic mass is 10.1. The summed E-state index contributed by atoms with van der Waals surface area (Å²) in [5.41, 5.74) is 2.84. The Morgan fingerprint density at radius 2 is 1.92 bits per heavy atom. The number of rotatable bonds is 4. The normalized spacial score (nSPS) is 16.3. The lowest BCUT2D eigenvalue weighted by Gasteiger charge is -2.39. The molecule has 5 heteroatoms. The first-order valence-corrected chi connectivity index (χ1v) is 8.62. The van der Waals surface area contributed by atoms with Crippen molar-refractivity contribution in [3.63, 3.8) is 0 Å². The number of aromatic nitrogens is 1. The van der Waals surface area contributed by atoms with E-state index in [1.54, 1.807) is 7.11 Å². The summed E-state index contributed by atoms with van der Waals surface area (Å²) in [5.74, 6) is 1.81. The van der Waals surface area contributed by atoms with Crippen LogP contribution in [0.25, 0.3) is 0 Å². The number of anilines is 1. The van der Waals surface area contributed by atoms with Gasteiger partial charge in [-0.2, -0.15) is 5.26 Å². The highest BCUT2D eigenvalue weighted by atomic mass is 16.5. The maximum absolute atomic E-state index is 9.15. The standard InChI is InChI=1S/C20H24N4O/c1-15-11-17(14-21)12-20(22-15)24-9-7-23(8-10-24)16(2)18-5-4-6-19(13-18)25-3/h4-6,11-13,16H,7-10H2,1-3H3. The minimum absolute atomic E-state index is 0.345. The summed E-state index contributed by atoms with van der Waals surface area (Å²) in [6.07, 6.45) is 0. The number of pyridine rings is 1. The van der Waals surface area contributed by atoms with Gasteiger partial charge in [0, 0.05) is 37.9 Å². The fourth-order valence-corrected chi connectivity index (χ4v) is 3.33. The zero-order chi connectivity index (χ0) is 17.8. The zero-order valence-electron chi connectivity index (χ0n) is 15.1. The molecule has 2 aromatic rings. The number of benzene rings is 1. The van der Waals surface area contributed by atoms with Crippen molar-refractivity contribution in [3.05, 3.63) is 53.2 Å². The van der Waals surface area contributed by atoms with Gasteiger partial charge in [0.1, 0.15) is 11.6 Å². The Morgan fingerprint density at radius 3 is 2.60 bits per heavy atom. The number of nitrogens with zero attached hydrogens (tertiary/aromatic N) is 4. The third kappa shape index (κ3) is 3.92. The van der Waals surface area contributed by atoms with Crippen LogP contribution in [0, 0.1) is 18.3 Å². The molecule has 1 atom stereocenters. The molecule has 1 aliphatic rings. The van der Waals surface area contributed by atoms with Crippen LogP contribution in [0.5, 0.6) is 5.75 Å². The van der Waals surface area contributed by atoms with E-state index < -0.39 is 0 Å². The molecule has 1 aliphatic heterocycles. The monoisotopic (exact) mass is 336 g/mol. The highest BCUT2D eigenvalue weighted by Gasteiger charge is 2.23. The molecule has 1 fully saturated rings. The summed E-state index contributed by atoms with van der Waals surface area (Å²) >= 11 is 0. The summed E-state index contributed by atoms with van der Waals surface area (Å²) in [6.45, 7) is 7.94. The van der Waals surface area contributed by atoms with Gasteiger partial charge in [-0.05, 0) is 43.7 Å². The molecule has 3 rings (SSSR count). The van der Waals surface area contributed by atoms with Crippen molar-refractivity contribution >= 4 is 5.82 Å². The van der Waals surface area contributed by atoms with Crippen LogP contribution in [-0.2, 0) is 0 Å². The van der Waals surface area contributed by atoms with Crippen molar-refractivity contribution in [3.8, 4) is 11.8 Å². The smallest absolute Gasteiger partial charge is 0.130 e. The number of piperazine rings is 1. The van der Waals surface area contributed by atoms with Gasteiger partial charge in [0.25, 0.3) is 0 Å². The maximum Gasteiger partial charge on any atom is 0.130 e. The van der Waals surface area contributed by atoms with Crippen LogP contribution in [0.2, 0.25) is 0 Å². The number of hydrogen-bond acceptors (Lipinski definition) is 5. The van der Waals surface area contributed by atoms with E-state index in [2.05, 4.69) is 39.9 Å². The molecule has 0 bridgehead atoms. The largest absolute Gasteiger partial charge is 0.497 e. The van der Waals surface area contributed by atoms with Gasteiger partial charge in [0.15, 0.2) is 0 Å². The Kier molecular flexibility index (Phi) is 5.20. The van der Waals surface area contributed by atoms with E-state index in [1.807, 2.05) is 31.2 Å². The summed E-state index contributed by atoms with van der Waals surface area (Å²) in [7, 11) is 1.70.